The molecule has 1 aromatic heterocycles. The van der Waals surface area contributed by atoms with Crippen LogP contribution >= 0.6 is 12.4 Å². The number of halogens is 1. The van der Waals surface area contributed by atoms with Crippen LogP contribution in [0.2, 0.25) is 0 Å². The summed E-state index contributed by atoms with van der Waals surface area (Å²) in [6, 6.07) is 2.55. The lowest BCUT2D eigenvalue weighted by Gasteiger charge is -2.29. The van der Waals surface area contributed by atoms with Crippen molar-refractivity contribution in [3.63, 3.8) is 0 Å². The lowest BCUT2D eigenvalue weighted by molar-refractivity contribution is 0.259. The number of aryl methyl sites for hydroxylation is 1. The Morgan fingerprint density at radius 1 is 1.39 bits per heavy atom. The lowest BCUT2D eigenvalue weighted by Crippen LogP contribution is -2.38. The number of fused-ring (bicyclic) bond motifs is 1. The summed E-state index contributed by atoms with van der Waals surface area (Å²) >= 11 is 0. The lowest BCUT2D eigenvalue weighted by atomic mass is 9.78. The summed E-state index contributed by atoms with van der Waals surface area (Å²) in [6.45, 7) is 3.37. The summed E-state index contributed by atoms with van der Waals surface area (Å²) in [5.41, 5.74) is 7.41. The first-order valence-electron chi connectivity index (χ1n) is 6.69. The minimum atomic E-state index is 0. The van der Waals surface area contributed by atoms with Crippen molar-refractivity contribution in [2.75, 3.05) is 13.1 Å². The van der Waals surface area contributed by atoms with E-state index in [0.29, 0.717) is 6.04 Å². The van der Waals surface area contributed by atoms with Crippen molar-refractivity contribution in [1.29, 1.82) is 0 Å². The van der Waals surface area contributed by atoms with E-state index in [2.05, 4.69) is 16.1 Å². The van der Waals surface area contributed by atoms with Gasteiger partial charge in [-0.05, 0) is 30.7 Å². The van der Waals surface area contributed by atoms with Gasteiger partial charge < -0.3 is 5.73 Å². The average Bonchev–Trinajstić information content (AvgIpc) is 2.86. The molecule has 0 spiro atoms. The quantitative estimate of drug-likeness (QED) is 0.884. The second-order valence-electron chi connectivity index (χ2n) is 5.69. The Morgan fingerprint density at radius 2 is 2.22 bits per heavy atom. The van der Waals surface area contributed by atoms with Gasteiger partial charge in [0.1, 0.15) is 0 Å². The summed E-state index contributed by atoms with van der Waals surface area (Å²) in [7, 11) is 1.98. The maximum Gasteiger partial charge on any atom is 0.0764 e. The molecule has 0 amide bonds. The number of hydrogen-bond donors (Lipinski definition) is 1. The van der Waals surface area contributed by atoms with E-state index in [-0.39, 0.29) is 12.4 Å². The first-order valence-corrected chi connectivity index (χ1v) is 6.69. The molecule has 4 nitrogen and oxygen atoms in total. The highest BCUT2D eigenvalue weighted by molar-refractivity contribution is 5.85. The van der Waals surface area contributed by atoms with Gasteiger partial charge in [-0.1, -0.05) is 6.42 Å². The van der Waals surface area contributed by atoms with Crippen LogP contribution in [0, 0.1) is 11.8 Å². The third-order valence-electron chi connectivity index (χ3n) is 4.38. The molecular formula is C13H23ClN4. The van der Waals surface area contributed by atoms with E-state index < -0.39 is 0 Å². The van der Waals surface area contributed by atoms with E-state index >= 15 is 0 Å². The maximum atomic E-state index is 6.23. The van der Waals surface area contributed by atoms with Gasteiger partial charge in [0.15, 0.2) is 0 Å². The molecule has 1 aromatic rings. The second kappa shape index (κ2) is 5.59. The van der Waals surface area contributed by atoms with Crippen LogP contribution in [0.25, 0.3) is 0 Å². The van der Waals surface area contributed by atoms with Crippen molar-refractivity contribution in [3.05, 3.63) is 18.0 Å². The van der Waals surface area contributed by atoms with E-state index in [1.54, 1.807) is 0 Å². The normalized spacial score (nSPS) is 32.0. The Bertz CT molecular complexity index is 392. The van der Waals surface area contributed by atoms with Crippen molar-refractivity contribution in [1.82, 2.24) is 14.7 Å². The number of nitrogens with zero attached hydrogens (tertiary/aromatic N) is 3. The predicted octanol–water partition coefficient (Wildman–Crippen LogP) is 1.40. The van der Waals surface area contributed by atoms with E-state index in [1.807, 2.05) is 17.9 Å². The molecule has 2 heterocycles. The van der Waals surface area contributed by atoms with Crippen molar-refractivity contribution < 1.29 is 0 Å². The molecule has 102 valence electrons. The van der Waals surface area contributed by atoms with Gasteiger partial charge in [0.05, 0.1) is 5.69 Å². The van der Waals surface area contributed by atoms with Crippen LogP contribution in [0.1, 0.15) is 25.0 Å². The fourth-order valence-corrected chi connectivity index (χ4v) is 3.51. The molecule has 0 bridgehead atoms. The van der Waals surface area contributed by atoms with Crippen LogP contribution < -0.4 is 5.73 Å². The monoisotopic (exact) mass is 270 g/mol. The molecule has 2 N–H and O–H groups in total. The highest BCUT2D eigenvalue weighted by atomic mass is 35.5. The number of likely N-dealkylation sites (tertiary alicyclic amines) is 1. The number of nitrogens with two attached hydrogens (primary N) is 1. The maximum absolute atomic E-state index is 6.23. The van der Waals surface area contributed by atoms with Gasteiger partial charge >= 0.3 is 0 Å². The van der Waals surface area contributed by atoms with Gasteiger partial charge in [-0.2, -0.15) is 5.10 Å². The summed E-state index contributed by atoms with van der Waals surface area (Å²) in [5.74, 6) is 1.56. The minimum absolute atomic E-state index is 0. The van der Waals surface area contributed by atoms with E-state index in [9.17, 15) is 0 Å². The Labute approximate surface area is 115 Å². The van der Waals surface area contributed by atoms with E-state index in [0.717, 1.165) is 18.4 Å². The topological polar surface area (TPSA) is 47.1 Å². The highest BCUT2D eigenvalue weighted by Gasteiger charge is 2.38. The molecular weight excluding hydrogens is 248 g/mol. The second-order valence-corrected chi connectivity index (χ2v) is 5.69. The zero-order valence-corrected chi connectivity index (χ0v) is 11.8. The third-order valence-corrected chi connectivity index (χ3v) is 4.38. The van der Waals surface area contributed by atoms with Crippen LogP contribution in [0.5, 0.6) is 0 Å². The molecule has 18 heavy (non-hydrogen) atoms. The van der Waals surface area contributed by atoms with Crippen LogP contribution in [0.15, 0.2) is 12.3 Å². The summed E-state index contributed by atoms with van der Waals surface area (Å²) < 4.78 is 1.88. The fraction of sp³-hybridized carbons (Fsp3) is 0.769. The molecule has 5 heteroatoms. The number of hydrogen-bond acceptors (Lipinski definition) is 3. The van der Waals surface area contributed by atoms with Crippen LogP contribution in [-0.4, -0.2) is 33.8 Å². The molecule has 3 rings (SSSR count). The van der Waals surface area contributed by atoms with Gasteiger partial charge in [0.25, 0.3) is 0 Å². The molecule has 1 saturated heterocycles. The number of rotatable bonds is 2. The molecule has 0 aromatic carbocycles. The highest BCUT2D eigenvalue weighted by Crippen LogP contribution is 2.35. The third kappa shape index (κ3) is 2.71. The molecule has 3 unspecified atom stereocenters. The van der Waals surface area contributed by atoms with E-state index in [1.165, 1.54) is 38.0 Å². The smallest absolute Gasteiger partial charge is 0.0764 e. The van der Waals surface area contributed by atoms with Crippen molar-refractivity contribution in [2.45, 2.75) is 31.8 Å². The van der Waals surface area contributed by atoms with Gasteiger partial charge in [-0.15, -0.1) is 12.4 Å². The van der Waals surface area contributed by atoms with E-state index in [4.69, 9.17) is 5.73 Å². The standard InChI is InChI=1S/C13H22N4.ClH/c1-16-6-5-11(15-16)8-17-7-10-3-2-4-13(14)12(10)9-17;/h5-6,10,12-13H,2-4,7-9,14H2,1H3;1H. The Morgan fingerprint density at radius 3 is 2.89 bits per heavy atom. The largest absolute Gasteiger partial charge is 0.327 e. The van der Waals surface area contributed by atoms with Crippen LogP contribution in [0.3, 0.4) is 0 Å². The van der Waals surface area contributed by atoms with Gasteiger partial charge in [0.2, 0.25) is 0 Å². The zero-order chi connectivity index (χ0) is 11.8. The first kappa shape index (κ1) is 13.8. The fourth-order valence-electron chi connectivity index (χ4n) is 3.51. The summed E-state index contributed by atoms with van der Waals surface area (Å²) in [5, 5.41) is 4.45. The van der Waals surface area contributed by atoms with Crippen LogP contribution in [0.4, 0.5) is 0 Å². The Balaban J connectivity index is 0.00000120. The predicted molar refractivity (Wildman–Crippen MR) is 74.5 cm³/mol. The zero-order valence-electron chi connectivity index (χ0n) is 11.0. The minimum Gasteiger partial charge on any atom is -0.327 e. The van der Waals surface area contributed by atoms with Crippen molar-refractivity contribution in [2.24, 2.45) is 24.6 Å². The Kier molecular flexibility index (Phi) is 4.30. The molecule has 1 saturated carbocycles. The molecule has 1 aliphatic heterocycles. The van der Waals surface area contributed by atoms with Gasteiger partial charge in [0, 0.05) is 38.9 Å². The molecule has 2 aliphatic rings. The molecule has 0 radical (unpaired) electrons. The Hall–Kier alpha value is -0.580. The average molecular weight is 271 g/mol. The number of aromatic nitrogens is 2. The van der Waals surface area contributed by atoms with Gasteiger partial charge in [-0.3, -0.25) is 9.58 Å². The molecule has 3 atom stereocenters. The van der Waals surface area contributed by atoms with Crippen molar-refractivity contribution in [3.8, 4) is 0 Å². The summed E-state index contributed by atoms with van der Waals surface area (Å²) in [6.07, 6.45) is 5.93. The van der Waals surface area contributed by atoms with Crippen LogP contribution in [-0.2, 0) is 13.6 Å². The van der Waals surface area contributed by atoms with Gasteiger partial charge in [-0.25, -0.2) is 0 Å². The summed E-state index contributed by atoms with van der Waals surface area (Å²) in [4.78, 5) is 2.53. The van der Waals surface area contributed by atoms with Crippen molar-refractivity contribution >= 4 is 12.4 Å². The molecule has 2 fully saturated rings. The molecule has 1 aliphatic carbocycles. The SMILES string of the molecule is Cl.Cn1ccc(CN2CC3CCCC(N)C3C2)n1. The first-order chi connectivity index (χ1) is 8.22.